The maximum Gasteiger partial charge on any atom is 0.470 e. The van der Waals surface area contributed by atoms with Gasteiger partial charge in [-0.2, -0.15) is 39.5 Å². The minimum absolute atomic E-state index is 1.54. The topological polar surface area (TPSA) is 3.24 Å². The van der Waals surface area contributed by atoms with Crippen molar-refractivity contribution < 1.29 is 48.3 Å². The molecule has 0 aliphatic heterocycles. The zero-order valence-corrected chi connectivity index (χ0v) is 7.81. The minimum atomic E-state index is -6.86. The average Bonchev–Trinajstić information content (AvgIpc) is 1.94. The molecule has 12 heteroatoms. The van der Waals surface area contributed by atoms with Crippen LogP contribution in [0.25, 0.3) is 0 Å². The summed E-state index contributed by atoms with van der Waals surface area (Å²) in [5.41, 5.74) is 0. The Hall–Kier alpha value is -1.07. The van der Waals surface area contributed by atoms with Crippen molar-refractivity contribution in [2.24, 2.45) is 0 Å². The first-order valence-electron chi connectivity index (χ1n) is 3.60. The van der Waals surface area contributed by atoms with Crippen LogP contribution in [-0.2, 0) is 0 Å². The molecule has 0 fully saturated rings. The molecule has 108 valence electrons. The second kappa shape index (κ2) is 4.24. The molecule has 0 aromatic carbocycles. The van der Waals surface area contributed by atoms with Crippen LogP contribution < -0.4 is 0 Å². The van der Waals surface area contributed by atoms with Crippen molar-refractivity contribution in [3.8, 4) is 0 Å². The summed E-state index contributed by atoms with van der Waals surface area (Å²) in [6, 6.07) is 0. The Bertz CT molecular complexity index is 308. The fourth-order valence-electron chi connectivity index (χ4n) is 0.895. The highest BCUT2D eigenvalue weighted by atomic mass is 19.4. The fraction of sp³-hybridized carbons (Fsp3) is 0.667. The molecule has 1 nitrogen and oxygen atoms in total. The number of rotatable bonds is 2. The zero-order valence-electron chi connectivity index (χ0n) is 7.81. The second-order valence-electron chi connectivity index (χ2n) is 2.80. The van der Waals surface area contributed by atoms with E-state index in [2.05, 4.69) is 0 Å². The normalized spacial score (nSPS) is 17.8. The van der Waals surface area contributed by atoms with Gasteiger partial charge in [0.1, 0.15) is 0 Å². The maximum atomic E-state index is 13.0. The van der Waals surface area contributed by atoms with Crippen molar-refractivity contribution in [1.82, 2.24) is 4.90 Å². The predicted octanol–water partition coefficient (Wildman–Crippen LogP) is 4.04. The summed E-state index contributed by atoms with van der Waals surface area (Å²) < 4.78 is 132. The molecule has 0 rings (SSSR count). The van der Waals surface area contributed by atoms with Crippen LogP contribution in [0.4, 0.5) is 48.3 Å². The van der Waals surface area contributed by atoms with Crippen LogP contribution in [0, 0.1) is 0 Å². The average molecular weight is 297 g/mol. The quantitative estimate of drug-likeness (QED) is 0.549. The Morgan fingerprint density at radius 2 is 1.00 bits per heavy atom. The van der Waals surface area contributed by atoms with Gasteiger partial charge in [-0.25, -0.2) is 8.78 Å². The van der Waals surface area contributed by atoms with Gasteiger partial charge in [0.25, 0.3) is 0 Å². The van der Waals surface area contributed by atoms with E-state index in [1.807, 2.05) is 0 Å². The molecule has 0 bridgehead atoms. The maximum absolute atomic E-state index is 13.0. The lowest BCUT2D eigenvalue weighted by Gasteiger charge is -2.38. The molecule has 0 amide bonds. The van der Waals surface area contributed by atoms with Gasteiger partial charge in [-0.05, 0) is 0 Å². The van der Waals surface area contributed by atoms with E-state index in [0.717, 1.165) is 0 Å². The zero-order chi connectivity index (χ0) is 15.2. The third-order valence-electron chi connectivity index (χ3n) is 1.55. The van der Waals surface area contributed by atoms with Gasteiger partial charge in [0.05, 0.1) is 0 Å². The van der Waals surface area contributed by atoms with Crippen molar-refractivity contribution in [2.45, 2.75) is 24.6 Å². The lowest BCUT2D eigenvalue weighted by Crippen LogP contribution is -2.66. The number of nitrogens with zero attached hydrogens (tertiary/aromatic N) is 1. The first-order valence-corrected chi connectivity index (χ1v) is 3.60. The van der Waals surface area contributed by atoms with E-state index in [4.69, 9.17) is 0 Å². The van der Waals surface area contributed by atoms with E-state index in [-0.39, 0.29) is 0 Å². The largest absolute Gasteiger partial charge is 0.470 e. The van der Waals surface area contributed by atoms with Crippen LogP contribution in [0.5, 0.6) is 0 Å². The lowest BCUT2D eigenvalue weighted by molar-refractivity contribution is -0.449. The molecular formula is C6H2F11N. The molecule has 0 aliphatic rings. The summed E-state index contributed by atoms with van der Waals surface area (Å²) in [7, 11) is 0. The fourth-order valence-corrected chi connectivity index (χ4v) is 0.895. The summed E-state index contributed by atoms with van der Waals surface area (Å²) in [6.07, 6.45) is -20.6. The number of hydrogen-bond donors (Lipinski definition) is 0. The van der Waals surface area contributed by atoms with Crippen molar-refractivity contribution >= 4 is 0 Å². The van der Waals surface area contributed by atoms with Gasteiger partial charge in [-0.3, -0.25) is 0 Å². The summed E-state index contributed by atoms with van der Waals surface area (Å²) >= 11 is 0. The number of hydrogen-bond acceptors (Lipinski definition) is 1. The van der Waals surface area contributed by atoms with E-state index in [9.17, 15) is 48.3 Å². The predicted molar refractivity (Wildman–Crippen MR) is 34.1 cm³/mol. The highest BCUT2D eigenvalue weighted by Gasteiger charge is 2.76. The van der Waals surface area contributed by atoms with Gasteiger partial charge < -0.3 is 0 Å². The second-order valence-corrected chi connectivity index (χ2v) is 2.80. The Morgan fingerprint density at radius 3 is 1.06 bits per heavy atom. The van der Waals surface area contributed by atoms with Crippen molar-refractivity contribution in [1.29, 1.82) is 0 Å². The van der Waals surface area contributed by atoms with Crippen LogP contribution in [-0.4, -0.2) is 29.5 Å². The van der Waals surface area contributed by atoms with Crippen molar-refractivity contribution in [2.75, 3.05) is 0 Å². The van der Waals surface area contributed by atoms with Gasteiger partial charge in [0, 0.05) is 0 Å². The van der Waals surface area contributed by atoms with Crippen LogP contribution in [0.15, 0.2) is 12.4 Å². The molecule has 0 heterocycles. The third kappa shape index (κ3) is 2.84. The van der Waals surface area contributed by atoms with Gasteiger partial charge in [0.15, 0.2) is 5.83 Å². The summed E-state index contributed by atoms with van der Waals surface area (Å²) in [5.74, 6) is -9.95. The van der Waals surface area contributed by atoms with Gasteiger partial charge in [-0.1, -0.05) is 11.5 Å². The van der Waals surface area contributed by atoms with Crippen LogP contribution in [0.1, 0.15) is 0 Å². The molecule has 0 aliphatic carbocycles. The molecule has 0 saturated heterocycles. The van der Waals surface area contributed by atoms with E-state index < -0.39 is 35.3 Å². The van der Waals surface area contributed by atoms with Crippen molar-refractivity contribution in [3.63, 3.8) is 0 Å². The Morgan fingerprint density at radius 1 is 0.722 bits per heavy atom. The van der Waals surface area contributed by atoms with Crippen molar-refractivity contribution in [3.05, 3.63) is 12.4 Å². The van der Waals surface area contributed by atoms with Gasteiger partial charge in [-0.15, -0.1) is 0 Å². The van der Waals surface area contributed by atoms with Crippen LogP contribution in [0.3, 0.4) is 0 Å². The molecule has 18 heavy (non-hydrogen) atoms. The molecule has 0 aromatic heterocycles. The van der Waals surface area contributed by atoms with Crippen LogP contribution >= 0.6 is 0 Å². The smallest absolute Gasteiger partial charge is 0.207 e. The molecular weight excluding hydrogens is 295 g/mol. The minimum Gasteiger partial charge on any atom is -0.207 e. The van der Waals surface area contributed by atoms with E-state index in [1.54, 1.807) is 0 Å². The third-order valence-corrected chi connectivity index (χ3v) is 1.55. The van der Waals surface area contributed by atoms with E-state index in [1.165, 1.54) is 6.58 Å². The highest BCUT2D eigenvalue weighted by molar-refractivity contribution is 5.10. The highest BCUT2D eigenvalue weighted by Crippen LogP contribution is 2.51. The SMILES string of the molecule is C=C(F)C(F)(N(C(F)(F)F)C(F)(F)F)C(F)(F)F. The Labute approximate surface area is 91.5 Å². The monoisotopic (exact) mass is 297 g/mol. The number of alkyl halides is 10. The molecule has 0 aromatic rings. The first-order chi connectivity index (χ1) is 7.56. The summed E-state index contributed by atoms with van der Waals surface area (Å²) in [5, 5.41) is 0. The van der Waals surface area contributed by atoms with E-state index in [0.29, 0.717) is 0 Å². The van der Waals surface area contributed by atoms with E-state index >= 15 is 0 Å². The summed E-state index contributed by atoms with van der Waals surface area (Å²) in [4.78, 5) is -3.55. The Kier molecular flexibility index (Phi) is 3.99. The number of halogens is 11. The summed E-state index contributed by atoms with van der Waals surface area (Å²) in [6.45, 7) is 1.54. The lowest BCUT2D eigenvalue weighted by atomic mass is 10.2. The van der Waals surface area contributed by atoms with Gasteiger partial charge >= 0.3 is 24.6 Å². The Balaban J connectivity index is 6.09. The molecule has 1 unspecified atom stereocenters. The first kappa shape index (κ1) is 16.9. The van der Waals surface area contributed by atoms with Gasteiger partial charge in [0.2, 0.25) is 0 Å². The molecule has 0 radical (unpaired) electrons. The molecule has 0 spiro atoms. The molecule has 0 N–H and O–H groups in total. The molecule has 0 saturated carbocycles. The van der Waals surface area contributed by atoms with Crippen LogP contribution in [0.2, 0.25) is 0 Å². The standard InChI is InChI=1S/C6H2F11N/c1-2(7)3(8,4(9,10)11)18(5(12,13)14)6(15,16)17/h1H2. The molecule has 1 atom stereocenters.